The van der Waals surface area contributed by atoms with Crippen LogP contribution in [0.15, 0.2) is 24.3 Å². The van der Waals surface area contributed by atoms with Gasteiger partial charge in [-0.3, -0.25) is 4.79 Å². The Kier molecular flexibility index (Phi) is 3.09. The Labute approximate surface area is 95.9 Å². The molecule has 1 aromatic carbocycles. The smallest absolute Gasteiger partial charge is 0.152 e. The van der Waals surface area contributed by atoms with Crippen molar-refractivity contribution >= 4 is 11.4 Å². The maximum atomic E-state index is 11.2. The number of rotatable bonds is 2. The topological polar surface area (TPSA) is 26.3 Å². The van der Waals surface area contributed by atoms with Crippen molar-refractivity contribution in [2.24, 2.45) is 0 Å². The fraction of sp³-hybridized carbons (Fsp3) is 0.357. The van der Waals surface area contributed by atoms with Gasteiger partial charge in [-0.2, -0.15) is 0 Å². The summed E-state index contributed by atoms with van der Waals surface area (Å²) in [7, 11) is 1.67. The first-order valence-electron chi connectivity index (χ1n) is 5.59. The lowest BCUT2D eigenvalue weighted by Gasteiger charge is -2.19. The molecule has 0 aliphatic heterocycles. The van der Waals surface area contributed by atoms with Gasteiger partial charge in [0.25, 0.3) is 0 Å². The summed E-state index contributed by atoms with van der Waals surface area (Å²) in [5, 5.41) is 0. The highest BCUT2D eigenvalue weighted by Crippen LogP contribution is 2.33. The van der Waals surface area contributed by atoms with Crippen LogP contribution in [0.4, 0.5) is 0 Å². The van der Waals surface area contributed by atoms with E-state index < -0.39 is 0 Å². The van der Waals surface area contributed by atoms with E-state index in [0.29, 0.717) is 0 Å². The predicted octanol–water partition coefficient (Wildman–Crippen LogP) is 3.00. The van der Waals surface area contributed by atoms with Crippen molar-refractivity contribution in [1.29, 1.82) is 0 Å². The molecule has 0 aromatic heterocycles. The summed E-state index contributed by atoms with van der Waals surface area (Å²) >= 11 is 0. The lowest BCUT2D eigenvalue weighted by atomic mass is 9.86. The fourth-order valence-corrected chi connectivity index (χ4v) is 2.20. The molecule has 1 aromatic rings. The number of carbonyl (C=O) groups is 1. The van der Waals surface area contributed by atoms with Gasteiger partial charge in [0.2, 0.25) is 0 Å². The molecule has 0 N–H and O–H groups in total. The van der Waals surface area contributed by atoms with E-state index in [9.17, 15) is 4.79 Å². The molecule has 0 heterocycles. The Morgan fingerprint density at radius 3 is 2.88 bits per heavy atom. The van der Waals surface area contributed by atoms with Crippen LogP contribution in [0.1, 0.15) is 30.9 Å². The Morgan fingerprint density at radius 1 is 1.38 bits per heavy atom. The summed E-state index contributed by atoms with van der Waals surface area (Å²) < 4.78 is 5.22. The average molecular weight is 216 g/mol. The zero-order valence-corrected chi connectivity index (χ0v) is 9.75. The summed E-state index contributed by atoms with van der Waals surface area (Å²) in [4.78, 5) is 11.2. The Balaban J connectivity index is 2.47. The monoisotopic (exact) mass is 216 g/mol. The molecular formula is C14H16O2. The Morgan fingerprint density at radius 2 is 2.19 bits per heavy atom. The van der Waals surface area contributed by atoms with Gasteiger partial charge >= 0.3 is 0 Å². The molecule has 0 bridgehead atoms. The van der Waals surface area contributed by atoms with E-state index in [1.807, 2.05) is 12.1 Å². The summed E-state index contributed by atoms with van der Waals surface area (Å²) in [5.74, 6) is 0.973. The number of fused-ring (bicyclic) bond motifs is 1. The SMILES string of the molecule is COc1ccc2c(c1)/C(=C\C(C)=O)CCC2. The molecule has 2 nitrogen and oxygen atoms in total. The zero-order chi connectivity index (χ0) is 11.5. The van der Waals surface area contributed by atoms with Crippen LogP contribution in [0.25, 0.3) is 5.57 Å². The molecule has 1 aliphatic carbocycles. The highest BCUT2D eigenvalue weighted by molar-refractivity contribution is 5.95. The first-order valence-corrected chi connectivity index (χ1v) is 5.59. The van der Waals surface area contributed by atoms with Crippen LogP contribution < -0.4 is 4.74 Å². The molecule has 1 aliphatic rings. The molecule has 0 atom stereocenters. The summed E-state index contributed by atoms with van der Waals surface area (Å²) in [5.41, 5.74) is 3.65. The summed E-state index contributed by atoms with van der Waals surface area (Å²) in [6.45, 7) is 1.60. The number of hydrogen-bond acceptors (Lipinski definition) is 2. The number of benzene rings is 1. The van der Waals surface area contributed by atoms with Crippen molar-refractivity contribution < 1.29 is 9.53 Å². The van der Waals surface area contributed by atoms with Crippen LogP contribution in [0.5, 0.6) is 5.75 Å². The Bertz CT molecular complexity index is 444. The number of ketones is 1. The molecule has 0 fully saturated rings. The highest BCUT2D eigenvalue weighted by Gasteiger charge is 2.15. The number of carbonyl (C=O) groups excluding carboxylic acids is 1. The van der Waals surface area contributed by atoms with Crippen molar-refractivity contribution in [3.05, 3.63) is 35.4 Å². The largest absolute Gasteiger partial charge is 0.497 e. The maximum absolute atomic E-state index is 11.2. The van der Waals surface area contributed by atoms with E-state index in [1.54, 1.807) is 20.1 Å². The van der Waals surface area contributed by atoms with Crippen molar-refractivity contribution in [3.63, 3.8) is 0 Å². The van der Waals surface area contributed by atoms with Crippen LogP contribution in [-0.2, 0) is 11.2 Å². The van der Waals surface area contributed by atoms with Gasteiger partial charge < -0.3 is 4.74 Å². The van der Waals surface area contributed by atoms with E-state index in [-0.39, 0.29) is 5.78 Å². The predicted molar refractivity (Wildman–Crippen MR) is 64.6 cm³/mol. The van der Waals surface area contributed by atoms with Crippen molar-refractivity contribution in [2.45, 2.75) is 26.2 Å². The molecular weight excluding hydrogens is 200 g/mol. The zero-order valence-electron chi connectivity index (χ0n) is 9.75. The summed E-state index contributed by atoms with van der Waals surface area (Å²) in [6, 6.07) is 6.11. The van der Waals surface area contributed by atoms with Crippen LogP contribution >= 0.6 is 0 Å². The minimum Gasteiger partial charge on any atom is -0.497 e. The molecule has 0 saturated carbocycles. The van der Waals surface area contributed by atoms with Crippen molar-refractivity contribution in [2.75, 3.05) is 7.11 Å². The van der Waals surface area contributed by atoms with E-state index in [1.165, 1.54) is 11.1 Å². The third-order valence-corrected chi connectivity index (χ3v) is 2.93. The first kappa shape index (κ1) is 10.9. The minimum atomic E-state index is 0.116. The van der Waals surface area contributed by atoms with Gasteiger partial charge in [0.15, 0.2) is 5.78 Å². The molecule has 0 unspecified atom stereocenters. The van der Waals surface area contributed by atoms with Crippen molar-refractivity contribution in [1.82, 2.24) is 0 Å². The average Bonchev–Trinajstić information content (AvgIpc) is 2.28. The molecule has 16 heavy (non-hydrogen) atoms. The van der Waals surface area contributed by atoms with E-state index in [2.05, 4.69) is 6.07 Å². The molecule has 0 radical (unpaired) electrons. The molecule has 2 rings (SSSR count). The number of aryl methyl sites for hydroxylation is 1. The number of ether oxygens (including phenoxy) is 1. The van der Waals surface area contributed by atoms with Crippen LogP contribution in [0.3, 0.4) is 0 Å². The number of methoxy groups -OCH3 is 1. The highest BCUT2D eigenvalue weighted by atomic mass is 16.5. The van der Waals surface area contributed by atoms with Gasteiger partial charge in [-0.1, -0.05) is 6.07 Å². The lowest BCUT2D eigenvalue weighted by molar-refractivity contribution is -0.112. The van der Waals surface area contributed by atoms with Gasteiger partial charge in [-0.05, 0) is 61.1 Å². The normalized spacial score (nSPS) is 17.0. The number of hydrogen-bond donors (Lipinski definition) is 0. The van der Waals surface area contributed by atoms with Crippen LogP contribution in [-0.4, -0.2) is 12.9 Å². The second-order valence-corrected chi connectivity index (χ2v) is 4.16. The first-order chi connectivity index (χ1) is 7.70. The lowest BCUT2D eigenvalue weighted by Crippen LogP contribution is -2.03. The van der Waals surface area contributed by atoms with Gasteiger partial charge in [0, 0.05) is 0 Å². The van der Waals surface area contributed by atoms with E-state index in [4.69, 9.17) is 4.74 Å². The van der Waals surface area contributed by atoms with E-state index in [0.717, 1.165) is 30.6 Å². The minimum absolute atomic E-state index is 0.116. The van der Waals surface area contributed by atoms with Gasteiger partial charge in [0.1, 0.15) is 5.75 Å². The van der Waals surface area contributed by atoms with Gasteiger partial charge in [0.05, 0.1) is 7.11 Å². The maximum Gasteiger partial charge on any atom is 0.152 e. The molecule has 0 saturated heterocycles. The third kappa shape index (κ3) is 2.16. The quantitative estimate of drug-likeness (QED) is 0.710. The molecule has 2 heteroatoms. The molecule has 84 valence electrons. The second kappa shape index (κ2) is 4.52. The molecule has 0 spiro atoms. The Hall–Kier alpha value is -1.57. The van der Waals surface area contributed by atoms with Crippen LogP contribution in [0.2, 0.25) is 0 Å². The molecule has 0 amide bonds. The van der Waals surface area contributed by atoms with Crippen molar-refractivity contribution in [3.8, 4) is 5.75 Å². The third-order valence-electron chi connectivity index (χ3n) is 2.93. The fourth-order valence-electron chi connectivity index (χ4n) is 2.20. The number of allylic oxidation sites excluding steroid dienone is 2. The van der Waals surface area contributed by atoms with Gasteiger partial charge in [-0.25, -0.2) is 0 Å². The second-order valence-electron chi connectivity index (χ2n) is 4.16. The standard InChI is InChI=1S/C14H16O2/c1-10(15)8-12-5-3-4-11-6-7-13(16-2)9-14(11)12/h6-9H,3-5H2,1-2H3/b12-8-. The summed E-state index contributed by atoms with van der Waals surface area (Å²) in [6.07, 6.45) is 4.95. The van der Waals surface area contributed by atoms with Gasteiger partial charge in [-0.15, -0.1) is 0 Å². The van der Waals surface area contributed by atoms with Crippen LogP contribution in [0, 0.1) is 0 Å². The van der Waals surface area contributed by atoms with E-state index >= 15 is 0 Å².